The summed E-state index contributed by atoms with van der Waals surface area (Å²) in [6, 6.07) is 14.4. The molecule has 0 aliphatic rings. The number of nitrogens with zero attached hydrogens (tertiary/aromatic N) is 5. The SMILES string of the molecule is Cc1ccc2c(Nc3ccnc(C(C)(C)C)n3)nccc2c1Cc1ccc2nc(N)ncc2c1. The van der Waals surface area contributed by atoms with E-state index in [1.165, 1.54) is 16.7 Å². The van der Waals surface area contributed by atoms with Crippen molar-refractivity contribution in [2.75, 3.05) is 11.1 Å². The summed E-state index contributed by atoms with van der Waals surface area (Å²) in [6.45, 7) is 8.45. The minimum Gasteiger partial charge on any atom is -0.368 e. The number of benzene rings is 2. The number of nitrogens with one attached hydrogen (secondary N) is 1. The minimum atomic E-state index is -0.134. The van der Waals surface area contributed by atoms with Gasteiger partial charge in [0.25, 0.3) is 0 Å². The van der Waals surface area contributed by atoms with Crippen molar-refractivity contribution in [3.63, 3.8) is 0 Å². The minimum absolute atomic E-state index is 0.134. The summed E-state index contributed by atoms with van der Waals surface area (Å²) in [4.78, 5) is 22.2. The number of fused-ring (bicyclic) bond motifs is 2. The molecule has 0 saturated carbocycles. The van der Waals surface area contributed by atoms with Crippen molar-refractivity contribution in [3.05, 3.63) is 83.6 Å². The van der Waals surface area contributed by atoms with Crippen LogP contribution in [0.4, 0.5) is 17.6 Å². The highest BCUT2D eigenvalue weighted by atomic mass is 15.1. The molecule has 170 valence electrons. The summed E-state index contributed by atoms with van der Waals surface area (Å²) < 4.78 is 0. The summed E-state index contributed by atoms with van der Waals surface area (Å²) >= 11 is 0. The Morgan fingerprint density at radius 2 is 1.71 bits per heavy atom. The van der Waals surface area contributed by atoms with Gasteiger partial charge in [0.05, 0.1) is 5.52 Å². The van der Waals surface area contributed by atoms with Gasteiger partial charge >= 0.3 is 0 Å². The van der Waals surface area contributed by atoms with Crippen molar-refractivity contribution < 1.29 is 0 Å². The van der Waals surface area contributed by atoms with Crippen LogP contribution in [0.1, 0.15) is 43.3 Å². The molecule has 0 atom stereocenters. The quantitative estimate of drug-likeness (QED) is 0.374. The number of nitrogen functional groups attached to an aromatic ring is 1. The molecule has 0 amide bonds. The average Bonchev–Trinajstić information content (AvgIpc) is 2.81. The molecule has 0 aliphatic carbocycles. The fourth-order valence-electron chi connectivity index (χ4n) is 4.08. The highest BCUT2D eigenvalue weighted by Crippen LogP contribution is 2.31. The van der Waals surface area contributed by atoms with E-state index in [0.717, 1.165) is 45.6 Å². The van der Waals surface area contributed by atoms with Gasteiger partial charge in [0.1, 0.15) is 17.5 Å². The summed E-state index contributed by atoms with van der Waals surface area (Å²) in [6.07, 6.45) is 6.19. The van der Waals surface area contributed by atoms with Crippen LogP contribution in [-0.2, 0) is 11.8 Å². The van der Waals surface area contributed by atoms with Crippen molar-refractivity contribution in [1.29, 1.82) is 0 Å². The van der Waals surface area contributed by atoms with Gasteiger partial charge in [-0.2, -0.15) is 0 Å². The number of rotatable bonds is 4. The largest absolute Gasteiger partial charge is 0.368 e. The Hall–Kier alpha value is -4.13. The predicted octanol–water partition coefficient (Wildman–Crippen LogP) is 5.49. The van der Waals surface area contributed by atoms with Gasteiger partial charge in [-0.3, -0.25) is 0 Å². The van der Waals surface area contributed by atoms with Crippen LogP contribution in [0, 0.1) is 6.92 Å². The second kappa shape index (κ2) is 8.33. The molecule has 5 rings (SSSR count). The van der Waals surface area contributed by atoms with Crippen molar-refractivity contribution in [2.24, 2.45) is 0 Å². The Bertz CT molecular complexity index is 1520. The zero-order valence-corrected chi connectivity index (χ0v) is 19.8. The average molecular weight is 450 g/mol. The van der Waals surface area contributed by atoms with E-state index in [4.69, 9.17) is 10.7 Å². The van der Waals surface area contributed by atoms with Crippen LogP contribution in [-0.4, -0.2) is 24.9 Å². The number of aromatic nitrogens is 5. The second-order valence-electron chi connectivity index (χ2n) is 9.55. The molecule has 0 bridgehead atoms. The van der Waals surface area contributed by atoms with Gasteiger partial charge in [0, 0.05) is 34.8 Å². The van der Waals surface area contributed by atoms with Crippen LogP contribution in [0.2, 0.25) is 0 Å². The molecular formula is C27H27N7. The monoisotopic (exact) mass is 449 g/mol. The second-order valence-corrected chi connectivity index (χ2v) is 9.55. The van der Waals surface area contributed by atoms with Gasteiger partial charge in [-0.15, -0.1) is 0 Å². The van der Waals surface area contributed by atoms with Gasteiger partial charge in [0.2, 0.25) is 5.95 Å². The van der Waals surface area contributed by atoms with Crippen LogP contribution in [0.3, 0.4) is 0 Å². The Morgan fingerprint density at radius 3 is 2.53 bits per heavy atom. The lowest BCUT2D eigenvalue weighted by molar-refractivity contribution is 0.546. The zero-order valence-electron chi connectivity index (χ0n) is 19.8. The Balaban J connectivity index is 1.53. The molecule has 7 nitrogen and oxygen atoms in total. The van der Waals surface area contributed by atoms with Gasteiger partial charge in [-0.1, -0.05) is 39.0 Å². The molecule has 0 saturated heterocycles. The molecule has 3 heterocycles. The van der Waals surface area contributed by atoms with Gasteiger partial charge in [0.15, 0.2) is 0 Å². The maximum Gasteiger partial charge on any atom is 0.220 e. The number of pyridine rings is 1. The molecule has 3 N–H and O–H groups in total. The molecule has 2 aromatic carbocycles. The topological polar surface area (TPSA) is 102 Å². The molecule has 0 aliphatic heterocycles. The van der Waals surface area contributed by atoms with E-state index in [2.05, 4.69) is 83.3 Å². The first-order chi connectivity index (χ1) is 16.3. The number of hydrogen-bond acceptors (Lipinski definition) is 7. The Morgan fingerprint density at radius 1 is 0.882 bits per heavy atom. The van der Waals surface area contributed by atoms with Gasteiger partial charge in [-0.25, -0.2) is 24.9 Å². The molecule has 3 aromatic heterocycles. The van der Waals surface area contributed by atoms with Crippen molar-refractivity contribution >= 4 is 39.3 Å². The normalized spacial score (nSPS) is 11.8. The molecule has 34 heavy (non-hydrogen) atoms. The van der Waals surface area contributed by atoms with Crippen LogP contribution in [0.5, 0.6) is 0 Å². The summed E-state index contributed by atoms with van der Waals surface area (Å²) in [7, 11) is 0. The lowest BCUT2D eigenvalue weighted by atomic mass is 9.94. The zero-order chi connectivity index (χ0) is 23.9. The Kier molecular flexibility index (Phi) is 5.32. The number of hydrogen-bond donors (Lipinski definition) is 2. The van der Waals surface area contributed by atoms with Crippen LogP contribution < -0.4 is 11.1 Å². The fourth-order valence-corrected chi connectivity index (χ4v) is 4.08. The number of aryl methyl sites for hydroxylation is 1. The summed E-state index contributed by atoms with van der Waals surface area (Å²) in [5, 5.41) is 6.60. The molecule has 7 heteroatoms. The van der Waals surface area contributed by atoms with E-state index < -0.39 is 0 Å². The van der Waals surface area contributed by atoms with Crippen LogP contribution in [0.25, 0.3) is 21.7 Å². The molecular weight excluding hydrogens is 422 g/mol. The first-order valence-corrected chi connectivity index (χ1v) is 11.3. The number of anilines is 3. The van der Waals surface area contributed by atoms with E-state index in [9.17, 15) is 0 Å². The Labute approximate surface area is 198 Å². The van der Waals surface area contributed by atoms with Crippen molar-refractivity contribution in [3.8, 4) is 0 Å². The van der Waals surface area contributed by atoms with E-state index in [1.54, 1.807) is 12.4 Å². The number of nitrogens with two attached hydrogens (primary N) is 1. The molecule has 0 fully saturated rings. The van der Waals surface area contributed by atoms with Crippen LogP contribution in [0.15, 0.2) is 61.1 Å². The van der Waals surface area contributed by atoms with Gasteiger partial charge in [-0.05, 0) is 59.7 Å². The molecule has 0 spiro atoms. The maximum absolute atomic E-state index is 5.72. The van der Waals surface area contributed by atoms with Gasteiger partial charge < -0.3 is 11.1 Å². The standard InChI is InChI=1S/C27H27N7/c1-16-5-7-20-19(21(16)14-17-6-8-22-18(13-17)15-31-26(28)32-22)9-11-29-24(20)33-23-10-12-30-25(34-23)27(2,3)4/h5-13,15H,14H2,1-4H3,(H2,28,31,32)(H,29,30,33,34). The fraction of sp³-hybridized carbons (Fsp3) is 0.222. The maximum atomic E-state index is 5.72. The first-order valence-electron chi connectivity index (χ1n) is 11.3. The third-order valence-electron chi connectivity index (χ3n) is 5.91. The summed E-state index contributed by atoms with van der Waals surface area (Å²) in [5.41, 5.74) is 10.1. The molecule has 0 unspecified atom stereocenters. The van der Waals surface area contributed by atoms with E-state index in [0.29, 0.717) is 0 Å². The van der Waals surface area contributed by atoms with Crippen molar-refractivity contribution in [2.45, 2.75) is 39.5 Å². The third-order valence-corrected chi connectivity index (χ3v) is 5.91. The molecule has 0 radical (unpaired) electrons. The lowest BCUT2D eigenvalue weighted by Gasteiger charge is -2.18. The highest BCUT2D eigenvalue weighted by Gasteiger charge is 2.18. The third kappa shape index (κ3) is 4.24. The first kappa shape index (κ1) is 21.7. The van der Waals surface area contributed by atoms with E-state index >= 15 is 0 Å². The predicted molar refractivity (Wildman–Crippen MR) is 137 cm³/mol. The van der Waals surface area contributed by atoms with Crippen molar-refractivity contribution in [1.82, 2.24) is 24.9 Å². The smallest absolute Gasteiger partial charge is 0.220 e. The van der Waals surface area contributed by atoms with E-state index in [1.807, 2.05) is 18.3 Å². The lowest BCUT2D eigenvalue weighted by Crippen LogP contribution is -2.16. The molecule has 5 aromatic rings. The highest BCUT2D eigenvalue weighted by molar-refractivity contribution is 5.96. The van der Waals surface area contributed by atoms with E-state index in [-0.39, 0.29) is 11.4 Å². The summed E-state index contributed by atoms with van der Waals surface area (Å²) in [5.74, 6) is 2.59. The van der Waals surface area contributed by atoms with Crippen LogP contribution >= 0.6 is 0 Å².